The summed E-state index contributed by atoms with van der Waals surface area (Å²) in [7, 11) is 3.43. The Balaban J connectivity index is 2.24. The highest BCUT2D eigenvalue weighted by molar-refractivity contribution is 6.32. The molecule has 5 heteroatoms. The van der Waals surface area contributed by atoms with Gasteiger partial charge in [-0.1, -0.05) is 17.6 Å². The molecule has 4 nitrogen and oxygen atoms in total. The van der Waals surface area contributed by atoms with E-state index in [0.29, 0.717) is 16.9 Å². The Morgan fingerprint density at radius 1 is 1.05 bits per heavy atom. The molecule has 0 aliphatic rings. The lowest BCUT2D eigenvalue weighted by Crippen LogP contribution is -2.13. The van der Waals surface area contributed by atoms with Gasteiger partial charge in [0.05, 0.1) is 18.2 Å². The summed E-state index contributed by atoms with van der Waals surface area (Å²) in [5.74, 6) is 0.278. The molecule has 0 heterocycles. The molecule has 2 aromatic carbocycles. The van der Waals surface area contributed by atoms with Crippen molar-refractivity contribution in [2.24, 2.45) is 0 Å². The number of esters is 1. The maximum absolute atomic E-state index is 12.1. The fraction of sp³-hybridized carbons (Fsp3) is 0.125. The molecule has 0 unspecified atom stereocenters. The van der Waals surface area contributed by atoms with Gasteiger partial charge in [-0.3, -0.25) is 4.79 Å². The number of hydrogen-bond acceptors (Lipinski definition) is 4. The number of ether oxygens (including phenoxy) is 2. The number of ketones is 1. The van der Waals surface area contributed by atoms with E-state index in [1.165, 1.54) is 6.92 Å². The monoisotopic (exact) mass is 282 g/mol. The molecular weight excluding hydrogens is 267 g/mol. The molecule has 0 saturated heterocycles. The summed E-state index contributed by atoms with van der Waals surface area (Å²) in [6.45, 7) is 1.44. The van der Waals surface area contributed by atoms with Crippen LogP contribution in [-0.2, 0) is 0 Å². The third-order valence-corrected chi connectivity index (χ3v) is 3.04. The zero-order chi connectivity index (χ0) is 15.4. The summed E-state index contributed by atoms with van der Waals surface area (Å²) < 4.78 is 10.4. The Bertz CT molecular complexity index is 677. The van der Waals surface area contributed by atoms with Crippen molar-refractivity contribution < 1.29 is 19.1 Å². The predicted octanol–water partition coefficient (Wildman–Crippen LogP) is 1.38. The van der Waals surface area contributed by atoms with E-state index in [0.717, 1.165) is 5.46 Å². The summed E-state index contributed by atoms with van der Waals surface area (Å²) in [5.41, 5.74) is 1.73. The molecule has 2 aromatic rings. The van der Waals surface area contributed by atoms with Crippen LogP contribution in [0.15, 0.2) is 42.5 Å². The SMILES string of the molecule is Bc1ccc(OC(=O)c2ccc(OC)cc2)c(C(C)=O)c1. The Morgan fingerprint density at radius 2 is 1.71 bits per heavy atom. The number of Topliss-reactive ketones (excluding diaryl/α,β-unsaturated/α-hetero) is 1. The second-order valence-electron chi connectivity index (χ2n) is 4.67. The summed E-state index contributed by atoms with van der Waals surface area (Å²) in [4.78, 5) is 23.7. The van der Waals surface area contributed by atoms with Crippen LogP contribution in [0.3, 0.4) is 0 Å². The number of rotatable bonds is 4. The van der Waals surface area contributed by atoms with Crippen molar-refractivity contribution >= 4 is 25.1 Å². The van der Waals surface area contributed by atoms with Crippen LogP contribution in [0.1, 0.15) is 27.6 Å². The third-order valence-electron chi connectivity index (χ3n) is 3.04. The highest BCUT2D eigenvalue weighted by Crippen LogP contribution is 2.20. The summed E-state index contributed by atoms with van der Waals surface area (Å²) in [6.07, 6.45) is 0. The van der Waals surface area contributed by atoms with Gasteiger partial charge < -0.3 is 9.47 Å². The van der Waals surface area contributed by atoms with Gasteiger partial charge in [0.1, 0.15) is 19.3 Å². The molecule has 0 atom stereocenters. The maximum Gasteiger partial charge on any atom is 0.343 e. The summed E-state index contributed by atoms with van der Waals surface area (Å²) >= 11 is 0. The zero-order valence-electron chi connectivity index (χ0n) is 12.2. The predicted molar refractivity (Wildman–Crippen MR) is 82.6 cm³/mol. The Labute approximate surface area is 124 Å². The van der Waals surface area contributed by atoms with Gasteiger partial charge in [0.15, 0.2) is 5.78 Å². The van der Waals surface area contributed by atoms with Crippen molar-refractivity contribution in [1.29, 1.82) is 0 Å². The largest absolute Gasteiger partial charge is 0.497 e. The lowest BCUT2D eigenvalue weighted by atomic mass is 9.93. The zero-order valence-corrected chi connectivity index (χ0v) is 12.2. The van der Waals surface area contributed by atoms with Crippen LogP contribution >= 0.6 is 0 Å². The van der Waals surface area contributed by atoms with Crippen LogP contribution in [0, 0.1) is 0 Å². The number of hydrogen-bond donors (Lipinski definition) is 0. The third kappa shape index (κ3) is 3.51. The van der Waals surface area contributed by atoms with Crippen LogP contribution in [0.2, 0.25) is 0 Å². The normalized spacial score (nSPS) is 10.0. The lowest BCUT2D eigenvalue weighted by molar-refractivity contribution is 0.0733. The van der Waals surface area contributed by atoms with Gasteiger partial charge in [-0.25, -0.2) is 4.79 Å². The molecule has 0 aliphatic heterocycles. The van der Waals surface area contributed by atoms with Crippen molar-refractivity contribution in [3.05, 3.63) is 53.6 Å². The van der Waals surface area contributed by atoms with Crippen LogP contribution < -0.4 is 14.9 Å². The van der Waals surface area contributed by atoms with Gasteiger partial charge >= 0.3 is 5.97 Å². The molecule has 0 spiro atoms. The molecular formula is C16H15BO4. The van der Waals surface area contributed by atoms with E-state index in [1.54, 1.807) is 49.6 Å². The molecule has 0 amide bonds. The summed E-state index contributed by atoms with van der Waals surface area (Å²) in [6, 6.07) is 11.7. The van der Waals surface area contributed by atoms with Crippen molar-refractivity contribution in [1.82, 2.24) is 0 Å². The fourth-order valence-electron chi connectivity index (χ4n) is 1.89. The number of methoxy groups -OCH3 is 1. The maximum atomic E-state index is 12.1. The van der Waals surface area contributed by atoms with Crippen LogP contribution in [0.5, 0.6) is 11.5 Å². The Kier molecular flexibility index (Phi) is 4.43. The average Bonchev–Trinajstić information content (AvgIpc) is 2.49. The van der Waals surface area contributed by atoms with Crippen LogP contribution in [0.4, 0.5) is 0 Å². The molecule has 106 valence electrons. The molecule has 0 fully saturated rings. The molecule has 0 aliphatic carbocycles. The van der Waals surface area contributed by atoms with Crippen molar-refractivity contribution in [2.45, 2.75) is 6.92 Å². The first-order valence-corrected chi connectivity index (χ1v) is 6.49. The van der Waals surface area contributed by atoms with Crippen molar-refractivity contribution in [3.63, 3.8) is 0 Å². The smallest absolute Gasteiger partial charge is 0.343 e. The van der Waals surface area contributed by atoms with E-state index in [1.807, 2.05) is 7.85 Å². The van der Waals surface area contributed by atoms with Crippen LogP contribution in [-0.4, -0.2) is 26.7 Å². The van der Waals surface area contributed by atoms with Crippen LogP contribution in [0.25, 0.3) is 0 Å². The van der Waals surface area contributed by atoms with Gasteiger partial charge in [0, 0.05) is 0 Å². The van der Waals surface area contributed by atoms with Crippen molar-refractivity contribution in [3.8, 4) is 11.5 Å². The Morgan fingerprint density at radius 3 is 2.29 bits per heavy atom. The van der Waals surface area contributed by atoms with E-state index >= 15 is 0 Å². The van der Waals surface area contributed by atoms with Gasteiger partial charge in [0.25, 0.3) is 0 Å². The van der Waals surface area contributed by atoms with E-state index in [2.05, 4.69) is 0 Å². The molecule has 0 aromatic heterocycles. The molecule has 0 radical (unpaired) electrons. The van der Waals surface area contributed by atoms with E-state index in [9.17, 15) is 9.59 Å². The van der Waals surface area contributed by atoms with Gasteiger partial charge in [-0.15, -0.1) is 0 Å². The van der Waals surface area contributed by atoms with Gasteiger partial charge in [0.2, 0.25) is 0 Å². The highest BCUT2D eigenvalue weighted by atomic mass is 16.5. The molecule has 2 rings (SSSR count). The quantitative estimate of drug-likeness (QED) is 0.368. The van der Waals surface area contributed by atoms with E-state index in [-0.39, 0.29) is 11.5 Å². The second-order valence-corrected chi connectivity index (χ2v) is 4.67. The first-order chi connectivity index (χ1) is 10.0. The Hall–Kier alpha value is -2.56. The lowest BCUT2D eigenvalue weighted by Gasteiger charge is -2.09. The molecule has 21 heavy (non-hydrogen) atoms. The fourth-order valence-corrected chi connectivity index (χ4v) is 1.89. The minimum atomic E-state index is -0.510. The average molecular weight is 282 g/mol. The minimum absolute atomic E-state index is 0.142. The highest BCUT2D eigenvalue weighted by Gasteiger charge is 2.14. The molecule has 0 N–H and O–H groups in total. The number of carbonyl (C=O) groups excluding carboxylic acids is 2. The minimum Gasteiger partial charge on any atom is -0.497 e. The standard InChI is InChI=1S/C16H15BO4/c1-10(18)14-9-12(17)5-8-15(14)21-16(19)11-3-6-13(20-2)7-4-11/h3-9H,17H2,1-2H3. The molecule has 0 bridgehead atoms. The summed E-state index contributed by atoms with van der Waals surface area (Å²) in [5, 5.41) is 0. The second kappa shape index (κ2) is 6.26. The first-order valence-electron chi connectivity index (χ1n) is 6.49. The van der Waals surface area contributed by atoms with Gasteiger partial charge in [-0.05, 0) is 37.3 Å². The number of carbonyl (C=O) groups is 2. The first kappa shape index (κ1) is 14.8. The number of benzene rings is 2. The van der Waals surface area contributed by atoms with Crippen molar-refractivity contribution in [2.75, 3.05) is 7.11 Å². The van der Waals surface area contributed by atoms with E-state index in [4.69, 9.17) is 9.47 Å². The van der Waals surface area contributed by atoms with E-state index < -0.39 is 5.97 Å². The molecule has 0 saturated carbocycles. The topological polar surface area (TPSA) is 52.6 Å². The van der Waals surface area contributed by atoms with Gasteiger partial charge in [-0.2, -0.15) is 0 Å².